The minimum absolute atomic E-state index is 0.0734. The molecule has 1 aliphatic heterocycles. The minimum Gasteiger partial charge on any atom is -0.382 e. The Balaban J connectivity index is 1.55. The summed E-state index contributed by atoms with van der Waals surface area (Å²) in [4.78, 5) is 23.0. The van der Waals surface area contributed by atoms with Gasteiger partial charge < -0.3 is 15.4 Å². The first-order valence-electron chi connectivity index (χ1n) is 8.14. The van der Waals surface area contributed by atoms with Crippen molar-refractivity contribution in [3.8, 4) is 5.69 Å². The lowest BCUT2D eigenvalue weighted by Gasteiger charge is -2.33. The number of rotatable bonds is 3. The Kier molecular flexibility index (Phi) is 4.28. The average Bonchev–Trinajstić information content (AvgIpc) is 3.23. The van der Waals surface area contributed by atoms with Gasteiger partial charge in [-0.3, -0.25) is 14.3 Å². The normalized spacial score (nSPS) is 17.2. The van der Waals surface area contributed by atoms with E-state index in [1.54, 1.807) is 34.4 Å². The van der Waals surface area contributed by atoms with Gasteiger partial charge in [-0.05, 0) is 18.2 Å². The molecule has 0 saturated carbocycles. The van der Waals surface area contributed by atoms with E-state index in [1.165, 1.54) is 6.20 Å². The number of nitrogens with two attached hydrogens (primary N) is 1. The molecule has 132 valence electrons. The number of anilines is 1. The molecule has 1 aromatic carbocycles. The summed E-state index contributed by atoms with van der Waals surface area (Å²) in [6, 6.07) is 7.33. The van der Waals surface area contributed by atoms with Crippen molar-refractivity contribution < 1.29 is 9.53 Å². The van der Waals surface area contributed by atoms with Gasteiger partial charge in [0.15, 0.2) is 0 Å². The number of hydrogen-bond donors (Lipinski definition) is 1. The first kappa shape index (κ1) is 16.2. The Morgan fingerprint density at radius 2 is 2.00 bits per heavy atom. The number of hydrogen-bond acceptors (Lipinski definition) is 7. The third kappa shape index (κ3) is 3.11. The van der Waals surface area contributed by atoms with Crippen molar-refractivity contribution >= 4 is 11.7 Å². The van der Waals surface area contributed by atoms with E-state index in [2.05, 4.69) is 20.2 Å². The Morgan fingerprint density at radius 1 is 1.19 bits per heavy atom. The molecule has 26 heavy (non-hydrogen) atoms. The van der Waals surface area contributed by atoms with Crippen LogP contribution in [0.15, 0.2) is 49.3 Å². The maximum Gasteiger partial charge on any atom is 0.254 e. The molecular weight excluding hydrogens is 334 g/mol. The SMILES string of the molecule is Nc1nccnc1[C@H]1CN(C(=O)c2cccc(-n3cnnc3)c2)CCO1. The number of ether oxygens (including phenoxy) is 1. The summed E-state index contributed by atoms with van der Waals surface area (Å²) in [6.07, 6.45) is 5.89. The van der Waals surface area contributed by atoms with Gasteiger partial charge in [0.05, 0.1) is 13.2 Å². The maximum atomic E-state index is 12.9. The summed E-state index contributed by atoms with van der Waals surface area (Å²) < 4.78 is 7.50. The number of carbonyl (C=O) groups excluding carboxylic acids is 1. The summed E-state index contributed by atoms with van der Waals surface area (Å²) >= 11 is 0. The first-order chi connectivity index (χ1) is 12.7. The zero-order chi connectivity index (χ0) is 17.9. The number of nitrogens with zero attached hydrogens (tertiary/aromatic N) is 6. The zero-order valence-electron chi connectivity index (χ0n) is 13.9. The monoisotopic (exact) mass is 351 g/mol. The van der Waals surface area contributed by atoms with Crippen LogP contribution in [0.5, 0.6) is 0 Å². The molecule has 1 saturated heterocycles. The van der Waals surface area contributed by atoms with Crippen LogP contribution >= 0.6 is 0 Å². The Hall–Kier alpha value is -3.33. The van der Waals surface area contributed by atoms with Crippen LogP contribution in [-0.4, -0.2) is 55.2 Å². The van der Waals surface area contributed by atoms with Crippen molar-refractivity contribution in [2.24, 2.45) is 0 Å². The smallest absolute Gasteiger partial charge is 0.254 e. The molecule has 0 bridgehead atoms. The third-order valence-corrected chi connectivity index (χ3v) is 4.22. The van der Waals surface area contributed by atoms with E-state index < -0.39 is 0 Å². The van der Waals surface area contributed by atoms with Crippen LogP contribution in [0.4, 0.5) is 5.82 Å². The highest BCUT2D eigenvalue weighted by Crippen LogP contribution is 2.24. The van der Waals surface area contributed by atoms with Gasteiger partial charge >= 0.3 is 0 Å². The summed E-state index contributed by atoms with van der Waals surface area (Å²) in [5.41, 5.74) is 7.86. The number of nitrogen functional groups attached to an aromatic ring is 1. The second-order valence-electron chi connectivity index (χ2n) is 5.86. The van der Waals surface area contributed by atoms with Crippen molar-refractivity contribution in [3.05, 3.63) is 60.6 Å². The third-order valence-electron chi connectivity index (χ3n) is 4.22. The summed E-state index contributed by atoms with van der Waals surface area (Å²) in [5.74, 6) is 0.247. The predicted molar refractivity (Wildman–Crippen MR) is 92.4 cm³/mol. The zero-order valence-corrected chi connectivity index (χ0v) is 13.9. The molecule has 3 aromatic rings. The average molecular weight is 351 g/mol. The fraction of sp³-hybridized carbons (Fsp3) is 0.235. The molecular formula is C17H17N7O2. The van der Waals surface area contributed by atoms with Crippen LogP contribution in [0.25, 0.3) is 5.69 Å². The van der Waals surface area contributed by atoms with E-state index in [0.29, 0.717) is 36.8 Å². The second kappa shape index (κ2) is 6.89. The first-order valence-corrected chi connectivity index (χ1v) is 8.14. The van der Waals surface area contributed by atoms with Crippen molar-refractivity contribution in [2.75, 3.05) is 25.4 Å². The van der Waals surface area contributed by atoms with Gasteiger partial charge in [-0.1, -0.05) is 6.07 Å². The number of benzene rings is 1. The molecule has 0 spiro atoms. The van der Waals surface area contributed by atoms with Gasteiger partial charge in [-0.2, -0.15) is 0 Å². The van der Waals surface area contributed by atoms with E-state index in [0.717, 1.165) is 5.69 Å². The Morgan fingerprint density at radius 3 is 2.81 bits per heavy atom. The van der Waals surface area contributed by atoms with Crippen molar-refractivity contribution in [1.82, 2.24) is 29.6 Å². The lowest BCUT2D eigenvalue weighted by atomic mass is 10.1. The van der Waals surface area contributed by atoms with Gasteiger partial charge in [-0.15, -0.1) is 10.2 Å². The molecule has 0 unspecified atom stereocenters. The van der Waals surface area contributed by atoms with E-state index in [-0.39, 0.29) is 12.0 Å². The minimum atomic E-state index is -0.387. The van der Waals surface area contributed by atoms with Gasteiger partial charge in [0.25, 0.3) is 5.91 Å². The number of carbonyl (C=O) groups is 1. The van der Waals surface area contributed by atoms with Crippen molar-refractivity contribution in [2.45, 2.75) is 6.10 Å². The highest BCUT2D eigenvalue weighted by molar-refractivity contribution is 5.94. The largest absolute Gasteiger partial charge is 0.382 e. The maximum absolute atomic E-state index is 12.9. The van der Waals surface area contributed by atoms with Gasteiger partial charge in [0.2, 0.25) is 0 Å². The predicted octanol–water partition coefficient (Wildman–Crippen LogP) is 0.853. The molecule has 1 amide bonds. The molecule has 1 atom stereocenters. The molecule has 0 aliphatic carbocycles. The van der Waals surface area contributed by atoms with Crippen LogP contribution < -0.4 is 5.73 Å². The molecule has 0 radical (unpaired) electrons. The van der Waals surface area contributed by atoms with Gasteiger partial charge in [0.1, 0.15) is 30.3 Å². The summed E-state index contributed by atoms with van der Waals surface area (Å²) in [5, 5.41) is 7.58. The molecule has 2 N–H and O–H groups in total. The molecule has 3 heterocycles. The number of aromatic nitrogens is 5. The highest BCUT2D eigenvalue weighted by Gasteiger charge is 2.28. The fourth-order valence-electron chi connectivity index (χ4n) is 2.92. The molecule has 1 aliphatic rings. The van der Waals surface area contributed by atoms with Crippen molar-refractivity contribution in [1.29, 1.82) is 0 Å². The van der Waals surface area contributed by atoms with Crippen molar-refractivity contribution in [3.63, 3.8) is 0 Å². The van der Waals surface area contributed by atoms with E-state index in [4.69, 9.17) is 10.5 Å². The summed E-state index contributed by atoms with van der Waals surface area (Å²) in [7, 11) is 0. The quantitative estimate of drug-likeness (QED) is 0.744. The van der Waals surface area contributed by atoms with Crippen LogP contribution in [-0.2, 0) is 4.74 Å². The highest BCUT2D eigenvalue weighted by atomic mass is 16.5. The van der Waals surface area contributed by atoms with Crippen LogP contribution in [0, 0.1) is 0 Å². The lowest BCUT2D eigenvalue weighted by Crippen LogP contribution is -2.42. The molecule has 9 nitrogen and oxygen atoms in total. The molecule has 1 fully saturated rings. The van der Waals surface area contributed by atoms with Crippen LogP contribution in [0.3, 0.4) is 0 Å². The molecule has 2 aromatic heterocycles. The van der Waals surface area contributed by atoms with Crippen LogP contribution in [0.2, 0.25) is 0 Å². The molecule has 9 heteroatoms. The number of morpholine rings is 1. The second-order valence-corrected chi connectivity index (χ2v) is 5.86. The Labute approximate surface area is 149 Å². The summed E-state index contributed by atoms with van der Waals surface area (Å²) in [6.45, 7) is 1.29. The van der Waals surface area contributed by atoms with E-state index in [1.807, 2.05) is 18.2 Å². The van der Waals surface area contributed by atoms with E-state index in [9.17, 15) is 4.79 Å². The van der Waals surface area contributed by atoms with E-state index >= 15 is 0 Å². The Bertz CT molecular complexity index is 913. The number of amides is 1. The topological polar surface area (TPSA) is 112 Å². The molecule has 4 rings (SSSR count). The van der Waals surface area contributed by atoms with Crippen LogP contribution in [0.1, 0.15) is 22.2 Å². The standard InChI is InChI=1S/C17H17N7O2/c18-16-15(19-4-5-20-16)14-9-23(6-7-26-14)17(25)12-2-1-3-13(8-12)24-10-21-22-11-24/h1-5,8,10-11,14H,6-7,9H2,(H2,18,20)/t14-/m1/s1. The fourth-order valence-corrected chi connectivity index (χ4v) is 2.92. The lowest BCUT2D eigenvalue weighted by molar-refractivity contribution is -0.0245. The van der Waals surface area contributed by atoms with Gasteiger partial charge in [0, 0.05) is 30.2 Å². The van der Waals surface area contributed by atoms with Gasteiger partial charge in [-0.25, -0.2) is 4.98 Å².